The smallest absolute Gasteiger partial charge is 0.311 e. The molecule has 0 aliphatic rings. The summed E-state index contributed by atoms with van der Waals surface area (Å²) in [7, 11) is 3.17. The molecule has 2 aromatic rings. The van der Waals surface area contributed by atoms with Crippen LogP contribution in [-0.2, 0) is 17.6 Å². The van der Waals surface area contributed by atoms with Crippen LogP contribution >= 0.6 is 0 Å². The molecule has 0 amide bonds. The second-order valence-electron chi connectivity index (χ2n) is 5.37. The van der Waals surface area contributed by atoms with Crippen molar-refractivity contribution in [2.24, 2.45) is 0 Å². The SMILES string of the molecule is CCc1ccc(C(Cc2cc(OC)ccc2OC)C(=O)O)cc1. The van der Waals surface area contributed by atoms with E-state index in [-0.39, 0.29) is 0 Å². The first kappa shape index (κ1) is 16.9. The number of ether oxygens (including phenoxy) is 2. The Hall–Kier alpha value is -2.49. The molecule has 1 N–H and O–H groups in total. The van der Waals surface area contributed by atoms with Crippen molar-refractivity contribution in [3.05, 3.63) is 59.2 Å². The Kier molecular flexibility index (Phi) is 5.63. The van der Waals surface area contributed by atoms with E-state index in [1.54, 1.807) is 26.4 Å². The predicted octanol–water partition coefficient (Wildman–Crippen LogP) is 3.68. The third-order valence-corrected chi connectivity index (χ3v) is 4.00. The minimum atomic E-state index is -0.848. The Labute approximate surface area is 136 Å². The van der Waals surface area contributed by atoms with Crippen LogP contribution in [0.4, 0.5) is 0 Å². The maximum atomic E-state index is 11.7. The number of aliphatic carboxylic acids is 1. The molecule has 0 bridgehead atoms. The van der Waals surface area contributed by atoms with Crippen LogP contribution in [0.3, 0.4) is 0 Å². The van der Waals surface area contributed by atoms with Gasteiger partial charge in [-0.15, -0.1) is 0 Å². The minimum absolute atomic E-state index is 0.348. The zero-order valence-corrected chi connectivity index (χ0v) is 13.7. The Morgan fingerprint density at radius 2 is 1.78 bits per heavy atom. The van der Waals surface area contributed by atoms with E-state index in [9.17, 15) is 9.90 Å². The average Bonchev–Trinajstić information content (AvgIpc) is 2.59. The van der Waals surface area contributed by atoms with Crippen molar-refractivity contribution in [2.75, 3.05) is 14.2 Å². The molecule has 4 heteroatoms. The topological polar surface area (TPSA) is 55.8 Å². The van der Waals surface area contributed by atoms with Gasteiger partial charge in [0.05, 0.1) is 20.1 Å². The molecule has 0 aromatic heterocycles. The van der Waals surface area contributed by atoms with E-state index >= 15 is 0 Å². The summed E-state index contributed by atoms with van der Waals surface area (Å²) in [6, 6.07) is 13.2. The van der Waals surface area contributed by atoms with Crippen LogP contribution < -0.4 is 9.47 Å². The zero-order chi connectivity index (χ0) is 16.8. The lowest BCUT2D eigenvalue weighted by Crippen LogP contribution is -2.15. The summed E-state index contributed by atoms with van der Waals surface area (Å²) in [6.07, 6.45) is 1.28. The zero-order valence-electron chi connectivity index (χ0n) is 13.7. The summed E-state index contributed by atoms with van der Waals surface area (Å²) < 4.78 is 10.6. The standard InChI is InChI=1S/C19H22O4/c1-4-13-5-7-14(8-6-13)17(19(20)21)12-15-11-16(22-2)9-10-18(15)23-3/h5-11,17H,4,12H2,1-3H3,(H,20,21). The van der Waals surface area contributed by atoms with Crippen molar-refractivity contribution in [3.8, 4) is 11.5 Å². The van der Waals surface area contributed by atoms with Crippen molar-refractivity contribution in [3.63, 3.8) is 0 Å². The molecule has 0 saturated heterocycles. The lowest BCUT2D eigenvalue weighted by atomic mass is 9.91. The maximum Gasteiger partial charge on any atom is 0.311 e. The third-order valence-electron chi connectivity index (χ3n) is 4.00. The van der Waals surface area contributed by atoms with E-state index in [0.717, 1.165) is 17.5 Å². The molecule has 122 valence electrons. The van der Waals surface area contributed by atoms with Gasteiger partial charge in [-0.05, 0) is 47.7 Å². The van der Waals surface area contributed by atoms with Crippen molar-refractivity contribution in [1.82, 2.24) is 0 Å². The lowest BCUT2D eigenvalue weighted by Gasteiger charge is -2.16. The first-order valence-electron chi connectivity index (χ1n) is 7.61. The predicted molar refractivity (Wildman–Crippen MR) is 89.4 cm³/mol. The van der Waals surface area contributed by atoms with Gasteiger partial charge in [0.2, 0.25) is 0 Å². The Balaban J connectivity index is 2.34. The van der Waals surface area contributed by atoms with E-state index in [0.29, 0.717) is 17.9 Å². The van der Waals surface area contributed by atoms with Gasteiger partial charge in [-0.1, -0.05) is 31.2 Å². The average molecular weight is 314 g/mol. The monoisotopic (exact) mass is 314 g/mol. The summed E-state index contributed by atoms with van der Waals surface area (Å²) in [5.74, 6) is -0.116. The van der Waals surface area contributed by atoms with Crippen molar-refractivity contribution >= 4 is 5.97 Å². The number of carboxylic acids is 1. The molecule has 0 fully saturated rings. The second kappa shape index (κ2) is 7.68. The fourth-order valence-electron chi connectivity index (χ4n) is 2.59. The van der Waals surface area contributed by atoms with E-state index in [1.165, 1.54) is 5.56 Å². The van der Waals surface area contributed by atoms with Crippen LogP contribution in [0.25, 0.3) is 0 Å². The first-order chi connectivity index (χ1) is 11.1. The molecule has 0 spiro atoms. The van der Waals surface area contributed by atoms with Gasteiger partial charge in [0, 0.05) is 0 Å². The van der Waals surface area contributed by atoms with E-state index in [1.807, 2.05) is 30.3 Å². The third kappa shape index (κ3) is 4.03. The molecular weight excluding hydrogens is 292 g/mol. The summed E-state index contributed by atoms with van der Waals surface area (Å²) in [6.45, 7) is 2.07. The molecule has 0 radical (unpaired) electrons. The van der Waals surface area contributed by atoms with Crippen LogP contribution in [-0.4, -0.2) is 25.3 Å². The normalized spacial score (nSPS) is 11.8. The molecule has 2 aromatic carbocycles. The van der Waals surface area contributed by atoms with Gasteiger partial charge in [0.15, 0.2) is 0 Å². The summed E-state index contributed by atoms with van der Waals surface area (Å²) in [5.41, 5.74) is 2.80. The van der Waals surface area contributed by atoms with Gasteiger partial charge in [-0.2, -0.15) is 0 Å². The quantitative estimate of drug-likeness (QED) is 0.847. The summed E-state index contributed by atoms with van der Waals surface area (Å²) >= 11 is 0. The summed E-state index contributed by atoms with van der Waals surface area (Å²) in [4.78, 5) is 11.7. The first-order valence-corrected chi connectivity index (χ1v) is 7.61. The number of benzene rings is 2. The fourth-order valence-corrected chi connectivity index (χ4v) is 2.59. The molecule has 23 heavy (non-hydrogen) atoms. The van der Waals surface area contributed by atoms with Crippen molar-refractivity contribution < 1.29 is 19.4 Å². The van der Waals surface area contributed by atoms with Gasteiger partial charge >= 0.3 is 5.97 Å². The highest BCUT2D eigenvalue weighted by Crippen LogP contribution is 2.30. The van der Waals surface area contributed by atoms with E-state index < -0.39 is 11.9 Å². The minimum Gasteiger partial charge on any atom is -0.497 e. The summed E-state index contributed by atoms with van der Waals surface area (Å²) in [5, 5.41) is 9.63. The molecular formula is C19H22O4. The second-order valence-corrected chi connectivity index (χ2v) is 5.37. The maximum absolute atomic E-state index is 11.7. The highest BCUT2D eigenvalue weighted by Gasteiger charge is 2.22. The number of aryl methyl sites for hydroxylation is 1. The van der Waals surface area contributed by atoms with Gasteiger partial charge in [-0.3, -0.25) is 4.79 Å². The van der Waals surface area contributed by atoms with Gasteiger partial charge in [0.1, 0.15) is 11.5 Å². The lowest BCUT2D eigenvalue weighted by molar-refractivity contribution is -0.138. The number of carboxylic acid groups (broad SMARTS) is 1. The number of rotatable bonds is 7. The van der Waals surface area contributed by atoms with Crippen LogP contribution in [0, 0.1) is 0 Å². The molecule has 1 atom stereocenters. The van der Waals surface area contributed by atoms with Gasteiger partial charge < -0.3 is 14.6 Å². The molecule has 4 nitrogen and oxygen atoms in total. The van der Waals surface area contributed by atoms with Crippen molar-refractivity contribution in [2.45, 2.75) is 25.7 Å². The largest absolute Gasteiger partial charge is 0.497 e. The molecule has 0 aliphatic carbocycles. The Morgan fingerprint density at radius 1 is 1.09 bits per heavy atom. The van der Waals surface area contributed by atoms with Crippen LogP contribution in [0.1, 0.15) is 29.5 Å². The van der Waals surface area contributed by atoms with E-state index in [4.69, 9.17) is 9.47 Å². The Morgan fingerprint density at radius 3 is 2.30 bits per heavy atom. The molecule has 0 aliphatic heterocycles. The molecule has 2 rings (SSSR count). The van der Waals surface area contributed by atoms with Crippen LogP contribution in [0.15, 0.2) is 42.5 Å². The van der Waals surface area contributed by atoms with E-state index in [2.05, 4.69) is 6.92 Å². The molecule has 0 saturated carbocycles. The van der Waals surface area contributed by atoms with Gasteiger partial charge in [-0.25, -0.2) is 0 Å². The highest BCUT2D eigenvalue weighted by atomic mass is 16.5. The highest BCUT2D eigenvalue weighted by molar-refractivity contribution is 5.76. The van der Waals surface area contributed by atoms with Gasteiger partial charge in [0.25, 0.3) is 0 Å². The number of carbonyl (C=O) groups is 1. The number of hydrogen-bond acceptors (Lipinski definition) is 3. The fraction of sp³-hybridized carbons (Fsp3) is 0.316. The van der Waals surface area contributed by atoms with Crippen molar-refractivity contribution in [1.29, 1.82) is 0 Å². The number of methoxy groups -OCH3 is 2. The van der Waals surface area contributed by atoms with Crippen LogP contribution in [0.5, 0.6) is 11.5 Å². The van der Waals surface area contributed by atoms with Crippen LogP contribution in [0.2, 0.25) is 0 Å². The number of hydrogen-bond donors (Lipinski definition) is 1. The molecule has 1 unspecified atom stereocenters. The Bertz CT molecular complexity index is 662. The molecule has 0 heterocycles.